The van der Waals surface area contributed by atoms with E-state index in [4.69, 9.17) is 0 Å². The first-order valence-corrected chi connectivity index (χ1v) is 3.52. The number of nitrogens with zero attached hydrogens (tertiary/aromatic N) is 2. The minimum atomic E-state index is 0.961. The van der Waals surface area contributed by atoms with Crippen molar-refractivity contribution < 1.29 is 0 Å². The molecule has 0 spiro atoms. The summed E-state index contributed by atoms with van der Waals surface area (Å²) in [6, 6.07) is 0. The zero-order chi connectivity index (χ0) is 8.27. The van der Waals surface area contributed by atoms with Gasteiger partial charge in [0, 0.05) is 19.5 Å². The predicted octanol–water partition coefficient (Wildman–Crippen LogP) is 1.93. The molecule has 0 amide bonds. The van der Waals surface area contributed by atoms with Crippen LogP contribution >= 0.6 is 0 Å². The molecule has 58 valence electrons. The van der Waals surface area contributed by atoms with Crippen LogP contribution in [-0.2, 0) is 0 Å². The van der Waals surface area contributed by atoms with Gasteiger partial charge in [-0.3, -0.25) is 0 Å². The van der Waals surface area contributed by atoms with Crippen molar-refractivity contribution in [1.82, 2.24) is 4.90 Å². The van der Waals surface area contributed by atoms with Crippen LogP contribution in [0.1, 0.15) is 6.92 Å². The Morgan fingerprint density at radius 3 is 3.00 bits per heavy atom. The lowest BCUT2D eigenvalue weighted by molar-refractivity contribution is 0.553. The molecule has 0 atom stereocenters. The molecule has 0 aliphatic carbocycles. The number of allylic oxidation sites excluding steroid dienone is 3. The zero-order valence-electron chi connectivity index (χ0n) is 6.91. The molecule has 1 heterocycles. The van der Waals surface area contributed by atoms with E-state index in [2.05, 4.69) is 11.6 Å². The lowest BCUT2D eigenvalue weighted by Crippen LogP contribution is -2.12. The number of hydrogen-bond acceptors (Lipinski definition) is 2. The summed E-state index contributed by atoms with van der Waals surface area (Å²) < 4.78 is 0. The van der Waals surface area contributed by atoms with Crippen molar-refractivity contribution in [1.29, 1.82) is 0 Å². The molecule has 0 aromatic heterocycles. The molecule has 2 heteroatoms. The van der Waals surface area contributed by atoms with Crippen LogP contribution in [-0.4, -0.2) is 18.2 Å². The SMILES string of the molecule is C=C/C(C)=C1/N=CC=CN1C. The molecule has 0 aromatic carbocycles. The van der Waals surface area contributed by atoms with Gasteiger partial charge in [0.25, 0.3) is 0 Å². The first kappa shape index (κ1) is 7.79. The molecule has 0 fully saturated rings. The zero-order valence-corrected chi connectivity index (χ0v) is 6.91. The molecular formula is C9H12N2. The molecule has 1 rings (SSSR count). The van der Waals surface area contributed by atoms with E-state index >= 15 is 0 Å². The standard InChI is InChI=1S/C9H12N2/c1-4-8(2)9-10-6-5-7-11(9)3/h4-7H,1H2,2-3H3/b9-8-. The van der Waals surface area contributed by atoms with Crippen molar-refractivity contribution in [3.63, 3.8) is 0 Å². The summed E-state index contributed by atoms with van der Waals surface area (Å²) in [5.41, 5.74) is 1.09. The van der Waals surface area contributed by atoms with Crippen molar-refractivity contribution in [3.8, 4) is 0 Å². The molecule has 0 bridgehead atoms. The van der Waals surface area contributed by atoms with Gasteiger partial charge in [0.1, 0.15) is 5.82 Å². The average molecular weight is 148 g/mol. The van der Waals surface area contributed by atoms with Gasteiger partial charge in [-0.25, -0.2) is 4.99 Å². The van der Waals surface area contributed by atoms with Crippen LogP contribution in [0, 0.1) is 0 Å². The quantitative estimate of drug-likeness (QED) is 0.554. The normalized spacial score (nSPS) is 20.4. The van der Waals surface area contributed by atoms with Gasteiger partial charge in [-0.15, -0.1) is 0 Å². The highest BCUT2D eigenvalue weighted by molar-refractivity contribution is 5.73. The third-order valence-corrected chi connectivity index (χ3v) is 1.59. The Bertz CT molecular complexity index is 246. The molecule has 1 aliphatic heterocycles. The summed E-state index contributed by atoms with van der Waals surface area (Å²) in [5.74, 6) is 0.961. The fourth-order valence-corrected chi connectivity index (χ4v) is 0.914. The Balaban J connectivity index is 2.97. The van der Waals surface area contributed by atoms with Gasteiger partial charge in [-0.05, 0) is 18.6 Å². The van der Waals surface area contributed by atoms with Gasteiger partial charge in [-0.2, -0.15) is 0 Å². The van der Waals surface area contributed by atoms with E-state index in [1.165, 1.54) is 0 Å². The highest BCUT2D eigenvalue weighted by Crippen LogP contribution is 2.13. The predicted molar refractivity (Wildman–Crippen MR) is 48.3 cm³/mol. The number of rotatable bonds is 1. The highest BCUT2D eigenvalue weighted by atomic mass is 15.2. The minimum absolute atomic E-state index is 0.961. The topological polar surface area (TPSA) is 15.6 Å². The Morgan fingerprint density at radius 2 is 2.45 bits per heavy atom. The highest BCUT2D eigenvalue weighted by Gasteiger charge is 2.03. The van der Waals surface area contributed by atoms with Gasteiger partial charge in [0.2, 0.25) is 0 Å². The Kier molecular flexibility index (Phi) is 2.26. The van der Waals surface area contributed by atoms with Gasteiger partial charge in [-0.1, -0.05) is 12.7 Å². The monoisotopic (exact) mass is 148 g/mol. The van der Waals surface area contributed by atoms with Gasteiger partial charge in [0.05, 0.1) is 0 Å². The van der Waals surface area contributed by atoms with Crippen molar-refractivity contribution in [2.45, 2.75) is 6.92 Å². The van der Waals surface area contributed by atoms with Crippen LogP contribution in [0.25, 0.3) is 0 Å². The summed E-state index contributed by atoms with van der Waals surface area (Å²) in [6.45, 7) is 5.68. The van der Waals surface area contributed by atoms with Crippen LogP contribution < -0.4 is 0 Å². The third-order valence-electron chi connectivity index (χ3n) is 1.59. The van der Waals surface area contributed by atoms with E-state index in [0.717, 1.165) is 11.4 Å². The molecule has 0 radical (unpaired) electrons. The van der Waals surface area contributed by atoms with Crippen LogP contribution in [0.5, 0.6) is 0 Å². The van der Waals surface area contributed by atoms with E-state index in [1.807, 2.05) is 37.2 Å². The van der Waals surface area contributed by atoms with Crippen LogP contribution in [0.15, 0.2) is 41.3 Å². The van der Waals surface area contributed by atoms with Crippen molar-refractivity contribution in [2.75, 3.05) is 7.05 Å². The third kappa shape index (κ3) is 1.58. The fourth-order valence-electron chi connectivity index (χ4n) is 0.914. The Morgan fingerprint density at radius 1 is 1.73 bits per heavy atom. The molecule has 0 N–H and O–H groups in total. The van der Waals surface area contributed by atoms with E-state index in [0.29, 0.717) is 0 Å². The van der Waals surface area contributed by atoms with Gasteiger partial charge < -0.3 is 4.90 Å². The molecule has 11 heavy (non-hydrogen) atoms. The summed E-state index contributed by atoms with van der Waals surface area (Å²) in [7, 11) is 1.97. The molecule has 2 nitrogen and oxygen atoms in total. The van der Waals surface area contributed by atoms with Crippen molar-refractivity contribution >= 4 is 6.21 Å². The van der Waals surface area contributed by atoms with E-state index in [-0.39, 0.29) is 0 Å². The molecule has 0 saturated carbocycles. The number of hydrogen-bond donors (Lipinski definition) is 0. The minimum Gasteiger partial charge on any atom is -0.336 e. The molecule has 1 aliphatic rings. The largest absolute Gasteiger partial charge is 0.336 e. The summed E-state index contributed by atoms with van der Waals surface area (Å²) >= 11 is 0. The van der Waals surface area contributed by atoms with E-state index in [1.54, 1.807) is 6.21 Å². The van der Waals surface area contributed by atoms with Crippen molar-refractivity contribution in [2.24, 2.45) is 4.99 Å². The second-order valence-corrected chi connectivity index (χ2v) is 2.44. The second kappa shape index (κ2) is 3.19. The smallest absolute Gasteiger partial charge is 0.135 e. The fraction of sp³-hybridized carbons (Fsp3) is 0.222. The lowest BCUT2D eigenvalue weighted by Gasteiger charge is -2.18. The first-order chi connectivity index (χ1) is 5.25. The van der Waals surface area contributed by atoms with Crippen molar-refractivity contribution in [3.05, 3.63) is 36.3 Å². The van der Waals surface area contributed by atoms with Crippen LogP contribution in [0.2, 0.25) is 0 Å². The summed E-state index contributed by atoms with van der Waals surface area (Å²) in [5, 5.41) is 0. The average Bonchev–Trinajstić information content (AvgIpc) is 2.04. The molecular weight excluding hydrogens is 136 g/mol. The second-order valence-electron chi connectivity index (χ2n) is 2.44. The van der Waals surface area contributed by atoms with Crippen LogP contribution in [0.4, 0.5) is 0 Å². The Hall–Kier alpha value is -1.31. The summed E-state index contributed by atoms with van der Waals surface area (Å²) in [4.78, 5) is 6.17. The first-order valence-electron chi connectivity index (χ1n) is 3.52. The summed E-state index contributed by atoms with van der Waals surface area (Å²) in [6.07, 6.45) is 7.46. The maximum Gasteiger partial charge on any atom is 0.135 e. The van der Waals surface area contributed by atoms with Crippen LogP contribution in [0.3, 0.4) is 0 Å². The van der Waals surface area contributed by atoms with E-state index in [9.17, 15) is 0 Å². The molecule has 0 unspecified atom stereocenters. The van der Waals surface area contributed by atoms with E-state index < -0.39 is 0 Å². The van der Waals surface area contributed by atoms with Gasteiger partial charge >= 0.3 is 0 Å². The molecule has 0 aromatic rings. The Labute approximate surface area is 67.2 Å². The maximum absolute atomic E-state index is 4.20. The number of aliphatic imine (C=N–C) groups is 1. The van der Waals surface area contributed by atoms with Gasteiger partial charge in [0.15, 0.2) is 0 Å². The molecule has 0 saturated heterocycles. The lowest BCUT2D eigenvalue weighted by atomic mass is 10.3. The maximum atomic E-state index is 4.20.